The van der Waals surface area contributed by atoms with Gasteiger partial charge in [-0.25, -0.2) is 4.79 Å². The first-order valence-electron chi connectivity index (χ1n) is 10.4. The number of primary amides is 1. The standard InChI is InChI=1S/C23H29N5O3/c1-5-26(6-2)17-7-9-18(10-8-17)27(13-21(24)29)22(30)14-28-20-12-16(4)15(3)11-19(20)25-23(28)31/h7-12H,5-6,13-14H2,1-4H3,(H2,24,29)(H,25,31). The SMILES string of the molecule is CCN(CC)c1ccc(N(CC(N)=O)C(=O)Cn2c(=O)[nH]c3cc(C)c(C)cc32)cc1. The van der Waals surface area contributed by atoms with Crippen LogP contribution >= 0.6 is 0 Å². The summed E-state index contributed by atoms with van der Waals surface area (Å²) < 4.78 is 1.39. The van der Waals surface area contributed by atoms with Crippen LogP contribution in [0.1, 0.15) is 25.0 Å². The molecule has 3 aromatic rings. The molecule has 3 N–H and O–H groups in total. The second kappa shape index (κ2) is 9.07. The number of rotatable bonds is 8. The number of hydrogen-bond acceptors (Lipinski definition) is 4. The average Bonchev–Trinajstić information content (AvgIpc) is 3.02. The Morgan fingerprint density at radius 1 is 1.00 bits per heavy atom. The van der Waals surface area contributed by atoms with Gasteiger partial charge in [-0.15, -0.1) is 0 Å². The van der Waals surface area contributed by atoms with Crippen molar-refractivity contribution in [2.45, 2.75) is 34.2 Å². The molecule has 0 saturated heterocycles. The molecular formula is C23H29N5O3. The highest BCUT2D eigenvalue weighted by Gasteiger charge is 2.21. The molecule has 2 amide bonds. The van der Waals surface area contributed by atoms with Gasteiger partial charge in [0.15, 0.2) is 0 Å². The monoisotopic (exact) mass is 423 g/mol. The fourth-order valence-corrected chi connectivity index (χ4v) is 3.71. The highest BCUT2D eigenvalue weighted by atomic mass is 16.2. The van der Waals surface area contributed by atoms with Crippen LogP contribution in [0.25, 0.3) is 11.0 Å². The summed E-state index contributed by atoms with van der Waals surface area (Å²) in [4.78, 5) is 43.6. The lowest BCUT2D eigenvalue weighted by Gasteiger charge is -2.24. The van der Waals surface area contributed by atoms with E-state index in [4.69, 9.17) is 5.73 Å². The molecule has 3 rings (SSSR count). The minimum atomic E-state index is -0.626. The first kappa shape index (κ1) is 22.1. The maximum atomic E-state index is 13.2. The lowest BCUT2D eigenvalue weighted by molar-refractivity contribution is -0.122. The van der Waals surface area contributed by atoms with E-state index in [0.29, 0.717) is 16.7 Å². The average molecular weight is 424 g/mol. The number of carbonyl (C=O) groups excluding carboxylic acids is 2. The van der Waals surface area contributed by atoms with Crippen LogP contribution in [0.5, 0.6) is 0 Å². The summed E-state index contributed by atoms with van der Waals surface area (Å²) in [5.41, 5.74) is 10.0. The van der Waals surface area contributed by atoms with Crippen LogP contribution in [0.15, 0.2) is 41.2 Å². The van der Waals surface area contributed by atoms with Crippen molar-refractivity contribution in [2.75, 3.05) is 29.4 Å². The number of aromatic amines is 1. The van der Waals surface area contributed by atoms with E-state index in [1.54, 1.807) is 12.1 Å². The molecule has 2 aromatic carbocycles. The number of hydrogen-bond donors (Lipinski definition) is 2. The van der Waals surface area contributed by atoms with Crippen molar-refractivity contribution in [3.8, 4) is 0 Å². The zero-order chi connectivity index (χ0) is 22.7. The van der Waals surface area contributed by atoms with Crippen LogP contribution in [-0.4, -0.2) is 41.0 Å². The van der Waals surface area contributed by atoms with Gasteiger partial charge >= 0.3 is 5.69 Å². The zero-order valence-corrected chi connectivity index (χ0v) is 18.4. The number of imidazole rings is 1. The molecule has 0 fully saturated rings. The van der Waals surface area contributed by atoms with Gasteiger partial charge in [-0.2, -0.15) is 0 Å². The summed E-state index contributed by atoms with van der Waals surface area (Å²) in [6.45, 7) is 9.32. The summed E-state index contributed by atoms with van der Waals surface area (Å²) in [6, 6.07) is 11.2. The molecular weight excluding hydrogens is 394 g/mol. The van der Waals surface area contributed by atoms with Gasteiger partial charge in [0.05, 0.1) is 11.0 Å². The number of aromatic nitrogens is 2. The number of H-pyrrole nitrogens is 1. The van der Waals surface area contributed by atoms with Crippen LogP contribution in [0.3, 0.4) is 0 Å². The van der Waals surface area contributed by atoms with Gasteiger partial charge in [0.2, 0.25) is 11.8 Å². The van der Waals surface area contributed by atoms with Crippen LogP contribution in [-0.2, 0) is 16.1 Å². The number of benzene rings is 2. The molecule has 8 heteroatoms. The summed E-state index contributed by atoms with van der Waals surface area (Å²) in [6.07, 6.45) is 0. The summed E-state index contributed by atoms with van der Waals surface area (Å²) in [5, 5.41) is 0. The molecule has 8 nitrogen and oxygen atoms in total. The van der Waals surface area contributed by atoms with Crippen LogP contribution < -0.4 is 21.2 Å². The Labute approximate surface area is 181 Å². The van der Waals surface area contributed by atoms with Gasteiger partial charge in [0, 0.05) is 24.5 Å². The molecule has 0 bridgehead atoms. The second-order valence-corrected chi connectivity index (χ2v) is 7.60. The Hall–Kier alpha value is -3.55. The maximum Gasteiger partial charge on any atom is 0.326 e. The topological polar surface area (TPSA) is 104 Å². The summed E-state index contributed by atoms with van der Waals surface area (Å²) in [5.74, 6) is -1.02. The fraction of sp³-hybridized carbons (Fsp3) is 0.348. The van der Waals surface area contributed by atoms with E-state index in [-0.39, 0.29) is 18.8 Å². The Bertz CT molecular complexity index is 1160. The highest BCUT2D eigenvalue weighted by molar-refractivity contribution is 5.99. The van der Waals surface area contributed by atoms with E-state index < -0.39 is 11.8 Å². The number of amides is 2. The number of anilines is 2. The minimum absolute atomic E-state index is 0.202. The van der Waals surface area contributed by atoms with Gasteiger partial charge in [-0.3, -0.25) is 14.2 Å². The van der Waals surface area contributed by atoms with E-state index in [1.165, 1.54) is 9.47 Å². The van der Waals surface area contributed by atoms with Gasteiger partial charge < -0.3 is 20.5 Å². The molecule has 164 valence electrons. The van der Waals surface area contributed by atoms with Crippen LogP contribution in [0, 0.1) is 13.8 Å². The third-order valence-electron chi connectivity index (χ3n) is 5.59. The molecule has 0 aliphatic carbocycles. The van der Waals surface area contributed by atoms with Crippen molar-refractivity contribution >= 4 is 34.2 Å². The van der Waals surface area contributed by atoms with Crippen molar-refractivity contribution in [3.63, 3.8) is 0 Å². The van der Waals surface area contributed by atoms with Crippen LogP contribution in [0.2, 0.25) is 0 Å². The maximum absolute atomic E-state index is 13.2. The lowest BCUT2D eigenvalue weighted by atomic mass is 10.1. The molecule has 31 heavy (non-hydrogen) atoms. The molecule has 1 heterocycles. The Morgan fingerprint density at radius 3 is 2.16 bits per heavy atom. The molecule has 0 saturated carbocycles. The van der Waals surface area contributed by atoms with Crippen molar-refractivity contribution < 1.29 is 9.59 Å². The molecule has 0 radical (unpaired) electrons. The Morgan fingerprint density at radius 2 is 1.58 bits per heavy atom. The lowest BCUT2D eigenvalue weighted by Crippen LogP contribution is -2.41. The number of nitrogens with two attached hydrogens (primary N) is 1. The predicted molar refractivity (Wildman–Crippen MR) is 124 cm³/mol. The third-order valence-corrected chi connectivity index (χ3v) is 5.59. The zero-order valence-electron chi connectivity index (χ0n) is 18.4. The summed E-state index contributed by atoms with van der Waals surface area (Å²) in [7, 11) is 0. The van der Waals surface area contributed by atoms with Crippen molar-refractivity contribution in [2.24, 2.45) is 5.73 Å². The molecule has 0 atom stereocenters. The molecule has 0 unspecified atom stereocenters. The third kappa shape index (κ3) is 4.63. The summed E-state index contributed by atoms with van der Waals surface area (Å²) >= 11 is 0. The number of nitrogens with one attached hydrogen (secondary N) is 1. The van der Waals surface area contributed by atoms with Gasteiger partial charge in [0.25, 0.3) is 0 Å². The number of nitrogens with zero attached hydrogens (tertiary/aromatic N) is 3. The largest absolute Gasteiger partial charge is 0.372 e. The smallest absolute Gasteiger partial charge is 0.326 e. The fourth-order valence-electron chi connectivity index (χ4n) is 3.71. The number of carbonyl (C=O) groups is 2. The van der Waals surface area contributed by atoms with Gasteiger partial charge in [-0.1, -0.05) is 0 Å². The van der Waals surface area contributed by atoms with Crippen molar-refractivity contribution in [1.29, 1.82) is 0 Å². The van der Waals surface area contributed by atoms with Crippen molar-refractivity contribution in [1.82, 2.24) is 9.55 Å². The second-order valence-electron chi connectivity index (χ2n) is 7.60. The molecule has 0 aliphatic heterocycles. The Balaban J connectivity index is 1.93. The normalized spacial score (nSPS) is 11.0. The van der Waals surface area contributed by atoms with E-state index >= 15 is 0 Å². The van der Waals surface area contributed by atoms with E-state index in [1.807, 2.05) is 38.1 Å². The minimum Gasteiger partial charge on any atom is -0.372 e. The number of fused-ring (bicyclic) bond motifs is 1. The molecule has 0 spiro atoms. The number of aryl methyl sites for hydroxylation is 2. The van der Waals surface area contributed by atoms with Crippen LogP contribution in [0.4, 0.5) is 11.4 Å². The van der Waals surface area contributed by atoms with E-state index in [9.17, 15) is 14.4 Å². The first-order valence-corrected chi connectivity index (χ1v) is 10.4. The predicted octanol–water partition coefficient (Wildman–Crippen LogP) is 2.31. The van der Waals surface area contributed by atoms with E-state index in [0.717, 1.165) is 29.9 Å². The first-order chi connectivity index (χ1) is 14.7. The molecule has 1 aromatic heterocycles. The quantitative estimate of drug-likeness (QED) is 0.580. The Kier molecular flexibility index (Phi) is 6.48. The molecule has 0 aliphatic rings. The highest BCUT2D eigenvalue weighted by Crippen LogP contribution is 2.22. The van der Waals surface area contributed by atoms with Gasteiger partial charge in [-0.05, 0) is 75.2 Å². The van der Waals surface area contributed by atoms with Crippen molar-refractivity contribution in [3.05, 3.63) is 58.0 Å². The van der Waals surface area contributed by atoms with E-state index in [2.05, 4.69) is 23.7 Å². The van der Waals surface area contributed by atoms with Gasteiger partial charge in [0.1, 0.15) is 13.1 Å².